The number of halogens is 3. The molecule has 2 rings (SSSR count). The minimum atomic E-state index is 0.543. The van der Waals surface area contributed by atoms with Crippen molar-refractivity contribution in [1.82, 2.24) is 4.90 Å². The summed E-state index contributed by atoms with van der Waals surface area (Å²) < 4.78 is 3.26. The summed E-state index contributed by atoms with van der Waals surface area (Å²) in [6, 6.07) is 4.70. The third-order valence-electron chi connectivity index (χ3n) is 3.70. The van der Waals surface area contributed by atoms with E-state index < -0.39 is 0 Å². The number of piperidine rings is 1. The van der Waals surface area contributed by atoms with Crippen molar-refractivity contribution in [3.8, 4) is 0 Å². The highest BCUT2D eigenvalue weighted by Gasteiger charge is 2.20. The van der Waals surface area contributed by atoms with Crippen LogP contribution in [0, 0.1) is 0 Å². The Labute approximate surface area is 152 Å². The molecule has 0 radical (unpaired) electrons. The van der Waals surface area contributed by atoms with E-state index >= 15 is 0 Å². The number of hydrogen-bond donors (Lipinski definition) is 1. The highest BCUT2D eigenvalue weighted by molar-refractivity contribution is 9.11. The maximum absolute atomic E-state index is 3.67. The predicted molar refractivity (Wildman–Crippen MR) is 102 cm³/mol. The molecule has 0 spiro atoms. The van der Waals surface area contributed by atoms with Crippen LogP contribution in [0.15, 0.2) is 37.2 Å². The first kappa shape index (κ1) is 17.5. The molecular formula is C16H21Br3N2. The highest BCUT2D eigenvalue weighted by Crippen LogP contribution is 2.35. The molecule has 1 aromatic rings. The molecule has 1 N–H and O–H groups in total. The summed E-state index contributed by atoms with van der Waals surface area (Å²) in [6.07, 6.45) is 4.69. The molecule has 21 heavy (non-hydrogen) atoms. The van der Waals surface area contributed by atoms with Gasteiger partial charge in [-0.15, -0.1) is 0 Å². The molecular weight excluding hydrogens is 460 g/mol. The van der Waals surface area contributed by atoms with Crippen molar-refractivity contribution in [1.29, 1.82) is 0 Å². The van der Waals surface area contributed by atoms with Crippen molar-refractivity contribution >= 4 is 53.5 Å². The quantitative estimate of drug-likeness (QED) is 0.546. The SMILES string of the molecule is CC(C)=CCN1CCC(Nc2c(Br)cc(Br)cc2Br)CC1. The second-order valence-electron chi connectivity index (χ2n) is 5.75. The summed E-state index contributed by atoms with van der Waals surface area (Å²) in [5.41, 5.74) is 2.55. The van der Waals surface area contributed by atoms with Crippen molar-refractivity contribution in [3.63, 3.8) is 0 Å². The molecule has 0 amide bonds. The smallest absolute Gasteiger partial charge is 0.0631 e. The number of nitrogens with one attached hydrogen (secondary N) is 1. The zero-order chi connectivity index (χ0) is 15.4. The molecule has 1 aliphatic heterocycles. The Hall–Kier alpha value is 0.160. The van der Waals surface area contributed by atoms with E-state index in [1.165, 1.54) is 18.4 Å². The first-order valence-electron chi connectivity index (χ1n) is 7.22. The Morgan fingerprint density at radius 2 is 1.76 bits per heavy atom. The largest absolute Gasteiger partial charge is 0.380 e. The van der Waals surface area contributed by atoms with Crippen molar-refractivity contribution in [2.75, 3.05) is 25.0 Å². The molecule has 1 aromatic carbocycles. The normalized spacial score (nSPS) is 16.8. The van der Waals surface area contributed by atoms with Crippen LogP contribution in [-0.2, 0) is 0 Å². The standard InChI is InChI=1S/C16H21Br3N2/c1-11(2)3-6-21-7-4-13(5-8-21)20-16-14(18)9-12(17)10-15(16)19/h3,9-10,13,20H,4-8H2,1-2H3. The van der Waals surface area contributed by atoms with Crippen LogP contribution in [-0.4, -0.2) is 30.6 Å². The highest BCUT2D eigenvalue weighted by atomic mass is 79.9. The van der Waals surface area contributed by atoms with Gasteiger partial charge in [-0.1, -0.05) is 27.6 Å². The lowest BCUT2D eigenvalue weighted by molar-refractivity contribution is 0.240. The van der Waals surface area contributed by atoms with Crippen LogP contribution >= 0.6 is 47.8 Å². The zero-order valence-electron chi connectivity index (χ0n) is 12.4. The Kier molecular flexibility index (Phi) is 6.79. The van der Waals surface area contributed by atoms with Crippen LogP contribution in [0.1, 0.15) is 26.7 Å². The summed E-state index contributed by atoms with van der Waals surface area (Å²) in [5, 5.41) is 3.67. The maximum Gasteiger partial charge on any atom is 0.0631 e. The fraction of sp³-hybridized carbons (Fsp3) is 0.500. The number of likely N-dealkylation sites (tertiary alicyclic amines) is 1. The Morgan fingerprint density at radius 1 is 1.19 bits per heavy atom. The number of allylic oxidation sites excluding steroid dienone is 1. The van der Waals surface area contributed by atoms with E-state index in [0.29, 0.717) is 6.04 Å². The van der Waals surface area contributed by atoms with Crippen LogP contribution in [0.2, 0.25) is 0 Å². The second-order valence-corrected chi connectivity index (χ2v) is 8.37. The lowest BCUT2D eigenvalue weighted by atomic mass is 10.0. The van der Waals surface area contributed by atoms with Gasteiger partial charge >= 0.3 is 0 Å². The van der Waals surface area contributed by atoms with E-state index in [1.807, 2.05) is 0 Å². The number of nitrogens with zero attached hydrogens (tertiary/aromatic N) is 1. The van der Waals surface area contributed by atoms with Gasteiger partial charge in [-0.25, -0.2) is 0 Å². The molecule has 0 atom stereocenters. The Balaban J connectivity index is 1.91. The first-order valence-corrected chi connectivity index (χ1v) is 9.60. The number of benzene rings is 1. The van der Waals surface area contributed by atoms with Crippen molar-refractivity contribution in [2.24, 2.45) is 0 Å². The van der Waals surface area contributed by atoms with Crippen LogP contribution in [0.25, 0.3) is 0 Å². The fourth-order valence-corrected chi connectivity index (χ4v) is 4.94. The van der Waals surface area contributed by atoms with E-state index in [9.17, 15) is 0 Å². The molecule has 1 saturated heterocycles. The first-order chi connectivity index (χ1) is 9.95. The monoisotopic (exact) mass is 478 g/mol. The fourth-order valence-electron chi connectivity index (χ4n) is 2.46. The molecule has 2 nitrogen and oxygen atoms in total. The maximum atomic E-state index is 3.67. The van der Waals surface area contributed by atoms with Crippen molar-refractivity contribution in [3.05, 3.63) is 37.2 Å². The number of rotatable bonds is 4. The topological polar surface area (TPSA) is 15.3 Å². The molecule has 5 heteroatoms. The molecule has 1 heterocycles. The molecule has 0 saturated carbocycles. The van der Waals surface area contributed by atoms with Crippen LogP contribution in [0.4, 0.5) is 5.69 Å². The molecule has 0 aliphatic carbocycles. The van der Waals surface area contributed by atoms with Crippen LogP contribution in [0.5, 0.6) is 0 Å². The third-order valence-corrected chi connectivity index (χ3v) is 5.41. The summed E-state index contributed by atoms with van der Waals surface area (Å²) in [6.45, 7) is 7.73. The number of hydrogen-bond acceptors (Lipinski definition) is 2. The third kappa shape index (κ3) is 5.38. The summed E-state index contributed by atoms with van der Waals surface area (Å²) in [7, 11) is 0. The van der Waals surface area contributed by atoms with Crippen molar-refractivity contribution < 1.29 is 0 Å². The van der Waals surface area contributed by atoms with Crippen molar-refractivity contribution in [2.45, 2.75) is 32.7 Å². The summed E-state index contributed by atoms with van der Waals surface area (Å²) in [5.74, 6) is 0. The van der Waals surface area contributed by atoms with Gasteiger partial charge in [-0.2, -0.15) is 0 Å². The lowest BCUT2D eigenvalue weighted by Crippen LogP contribution is -2.39. The minimum absolute atomic E-state index is 0.543. The van der Waals surface area contributed by atoms with E-state index in [2.05, 4.69) is 90.1 Å². The number of anilines is 1. The predicted octanol–water partition coefficient (Wildman–Crippen LogP) is 5.82. The van der Waals surface area contributed by atoms with Gasteiger partial charge in [-0.05, 0) is 70.7 Å². The van der Waals surface area contributed by atoms with Gasteiger partial charge in [-0.3, -0.25) is 4.90 Å². The molecule has 116 valence electrons. The van der Waals surface area contributed by atoms with Gasteiger partial charge in [0.05, 0.1) is 5.69 Å². The molecule has 0 aromatic heterocycles. The van der Waals surface area contributed by atoms with Gasteiger partial charge in [0.2, 0.25) is 0 Å². The Morgan fingerprint density at radius 3 is 2.29 bits per heavy atom. The van der Waals surface area contributed by atoms with E-state index in [4.69, 9.17) is 0 Å². The molecule has 1 aliphatic rings. The van der Waals surface area contributed by atoms with Gasteiger partial charge in [0, 0.05) is 39.1 Å². The van der Waals surface area contributed by atoms with Crippen LogP contribution < -0.4 is 5.32 Å². The van der Waals surface area contributed by atoms with Gasteiger partial charge in [0.1, 0.15) is 0 Å². The molecule has 0 unspecified atom stereocenters. The average Bonchev–Trinajstić information content (AvgIpc) is 2.41. The summed E-state index contributed by atoms with van der Waals surface area (Å²) in [4.78, 5) is 2.52. The lowest BCUT2D eigenvalue weighted by Gasteiger charge is -2.32. The summed E-state index contributed by atoms with van der Waals surface area (Å²) >= 11 is 10.8. The zero-order valence-corrected chi connectivity index (χ0v) is 17.2. The Bertz CT molecular complexity index is 493. The van der Waals surface area contributed by atoms with Gasteiger partial charge in [0.25, 0.3) is 0 Å². The second kappa shape index (κ2) is 8.14. The van der Waals surface area contributed by atoms with Crippen LogP contribution in [0.3, 0.4) is 0 Å². The van der Waals surface area contributed by atoms with Gasteiger partial charge < -0.3 is 5.32 Å². The van der Waals surface area contributed by atoms with E-state index in [0.717, 1.165) is 38.7 Å². The minimum Gasteiger partial charge on any atom is -0.380 e. The van der Waals surface area contributed by atoms with E-state index in [-0.39, 0.29) is 0 Å². The molecule has 0 bridgehead atoms. The average molecular weight is 481 g/mol. The van der Waals surface area contributed by atoms with E-state index in [1.54, 1.807) is 0 Å². The molecule has 1 fully saturated rings. The van der Waals surface area contributed by atoms with Gasteiger partial charge in [0.15, 0.2) is 0 Å².